The molecule has 3 rings (SSSR count). The van der Waals surface area contributed by atoms with Crippen molar-refractivity contribution in [3.63, 3.8) is 0 Å². The predicted molar refractivity (Wildman–Crippen MR) is 94.0 cm³/mol. The van der Waals surface area contributed by atoms with Gasteiger partial charge in [-0.25, -0.2) is 0 Å². The molecule has 2 unspecified atom stereocenters. The lowest BCUT2D eigenvalue weighted by Crippen LogP contribution is -2.54. The summed E-state index contributed by atoms with van der Waals surface area (Å²) in [5, 5.41) is 15.4. The van der Waals surface area contributed by atoms with Gasteiger partial charge < -0.3 is 10.0 Å². The van der Waals surface area contributed by atoms with Crippen LogP contribution in [0.15, 0.2) is 6.07 Å². The SMILES string of the molecule is CCC(CC)n1nc(C)cc1C(=O)N1CCC2(O)CCCCC2C1. The summed E-state index contributed by atoms with van der Waals surface area (Å²) in [5.74, 6) is 0.310. The molecular formula is C19H31N3O2. The first-order valence-electron chi connectivity index (χ1n) is 9.56. The first kappa shape index (κ1) is 17.5. The van der Waals surface area contributed by atoms with E-state index in [0.29, 0.717) is 25.2 Å². The van der Waals surface area contributed by atoms with Gasteiger partial charge in [0.1, 0.15) is 5.69 Å². The minimum absolute atomic E-state index is 0.0788. The molecule has 2 heterocycles. The largest absolute Gasteiger partial charge is 0.389 e. The van der Waals surface area contributed by atoms with E-state index in [1.807, 2.05) is 22.6 Å². The first-order chi connectivity index (χ1) is 11.5. The van der Waals surface area contributed by atoms with Gasteiger partial charge in [-0.15, -0.1) is 0 Å². The van der Waals surface area contributed by atoms with Crippen molar-refractivity contribution >= 4 is 5.91 Å². The minimum atomic E-state index is -0.541. The van der Waals surface area contributed by atoms with Crippen molar-refractivity contribution in [1.82, 2.24) is 14.7 Å². The summed E-state index contributed by atoms with van der Waals surface area (Å²) in [4.78, 5) is 15.1. The standard InChI is InChI=1S/C19H31N3O2/c1-4-16(5-2)22-17(12-14(3)20-22)18(23)21-11-10-19(24)9-7-6-8-15(19)13-21/h12,15-16,24H,4-11,13H2,1-3H3. The van der Waals surface area contributed by atoms with Crippen molar-refractivity contribution < 1.29 is 9.90 Å². The number of hydrogen-bond acceptors (Lipinski definition) is 3. The lowest BCUT2D eigenvalue weighted by atomic mass is 9.71. The van der Waals surface area contributed by atoms with Crippen molar-refractivity contribution in [3.8, 4) is 0 Å². The third kappa shape index (κ3) is 3.10. The van der Waals surface area contributed by atoms with Gasteiger partial charge in [0.2, 0.25) is 0 Å². The average molecular weight is 333 g/mol. The van der Waals surface area contributed by atoms with Gasteiger partial charge in [0.25, 0.3) is 5.91 Å². The van der Waals surface area contributed by atoms with E-state index in [1.54, 1.807) is 0 Å². The monoisotopic (exact) mass is 333 g/mol. The fourth-order valence-corrected chi connectivity index (χ4v) is 4.51. The number of hydrogen-bond donors (Lipinski definition) is 1. The normalized spacial score (nSPS) is 27.4. The van der Waals surface area contributed by atoms with Gasteiger partial charge in [-0.2, -0.15) is 5.10 Å². The molecule has 1 saturated carbocycles. The Bertz CT molecular complexity index is 593. The molecule has 2 aliphatic rings. The van der Waals surface area contributed by atoms with E-state index < -0.39 is 5.60 Å². The molecule has 24 heavy (non-hydrogen) atoms. The zero-order chi connectivity index (χ0) is 17.3. The smallest absolute Gasteiger partial charge is 0.272 e. The summed E-state index contributed by atoms with van der Waals surface area (Å²) >= 11 is 0. The Morgan fingerprint density at radius 1 is 1.38 bits per heavy atom. The van der Waals surface area contributed by atoms with Crippen molar-refractivity contribution in [1.29, 1.82) is 0 Å². The van der Waals surface area contributed by atoms with E-state index in [2.05, 4.69) is 18.9 Å². The number of aliphatic hydroxyl groups is 1. The minimum Gasteiger partial charge on any atom is -0.389 e. The quantitative estimate of drug-likeness (QED) is 0.919. The molecule has 1 aliphatic carbocycles. The van der Waals surface area contributed by atoms with Crippen LogP contribution in [0.1, 0.15) is 81.0 Å². The highest BCUT2D eigenvalue weighted by Gasteiger charge is 2.44. The summed E-state index contributed by atoms with van der Waals surface area (Å²) in [6, 6.07) is 2.19. The Hall–Kier alpha value is -1.36. The number of fused-ring (bicyclic) bond motifs is 1. The second-order valence-corrected chi connectivity index (χ2v) is 7.63. The fraction of sp³-hybridized carbons (Fsp3) is 0.789. The van der Waals surface area contributed by atoms with E-state index in [4.69, 9.17) is 0 Å². The number of rotatable bonds is 4. The third-order valence-corrected chi connectivity index (χ3v) is 6.08. The van der Waals surface area contributed by atoms with Crippen LogP contribution >= 0.6 is 0 Å². The van der Waals surface area contributed by atoms with E-state index in [9.17, 15) is 9.90 Å². The van der Waals surface area contributed by atoms with Gasteiger partial charge in [0, 0.05) is 19.0 Å². The molecule has 0 aromatic carbocycles. The van der Waals surface area contributed by atoms with Crippen LogP contribution in [0.25, 0.3) is 0 Å². The van der Waals surface area contributed by atoms with Gasteiger partial charge in [-0.05, 0) is 45.1 Å². The average Bonchev–Trinajstić information content (AvgIpc) is 2.96. The Labute approximate surface area is 145 Å². The molecule has 1 aliphatic heterocycles. The molecule has 5 heteroatoms. The molecule has 1 saturated heterocycles. The third-order valence-electron chi connectivity index (χ3n) is 6.08. The van der Waals surface area contributed by atoms with Gasteiger partial charge >= 0.3 is 0 Å². The fourth-order valence-electron chi connectivity index (χ4n) is 4.51. The number of carbonyl (C=O) groups is 1. The Morgan fingerprint density at radius 3 is 2.83 bits per heavy atom. The van der Waals surface area contributed by atoms with Crippen LogP contribution in [-0.2, 0) is 0 Å². The lowest BCUT2D eigenvalue weighted by Gasteiger charge is -2.47. The molecule has 1 N–H and O–H groups in total. The highest BCUT2D eigenvalue weighted by atomic mass is 16.3. The molecule has 2 atom stereocenters. The molecule has 0 spiro atoms. The number of piperidine rings is 1. The Morgan fingerprint density at radius 2 is 2.12 bits per heavy atom. The molecule has 1 amide bonds. The number of nitrogens with zero attached hydrogens (tertiary/aromatic N) is 3. The predicted octanol–water partition coefficient (Wildman–Crippen LogP) is 3.32. The number of aromatic nitrogens is 2. The van der Waals surface area contributed by atoms with Gasteiger partial charge in [0.05, 0.1) is 17.3 Å². The Kier molecular flexibility index (Phi) is 5.00. The summed E-state index contributed by atoms with van der Waals surface area (Å²) in [7, 11) is 0. The second kappa shape index (κ2) is 6.87. The molecule has 0 radical (unpaired) electrons. The highest BCUT2D eigenvalue weighted by Crippen LogP contribution is 2.40. The molecule has 2 fully saturated rings. The van der Waals surface area contributed by atoms with Gasteiger partial charge in [0.15, 0.2) is 0 Å². The second-order valence-electron chi connectivity index (χ2n) is 7.63. The van der Waals surface area contributed by atoms with Crippen molar-refractivity contribution in [2.75, 3.05) is 13.1 Å². The zero-order valence-electron chi connectivity index (χ0n) is 15.3. The zero-order valence-corrected chi connectivity index (χ0v) is 15.3. The Balaban J connectivity index is 1.80. The van der Waals surface area contributed by atoms with Crippen molar-refractivity contribution in [3.05, 3.63) is 17.5 Å². The maximum Gasteiger partial charge on any atom is 0.272 e. The van der Waals surface area contributed by atoms with Crippen molar-refractivity contribution in [2.45, 2.75) is 77.4 Å². The van der Waals surface area contributed by atoms with Crippen LogP contribution in [0.4, 0.5) is 0 Å². The molecule has 1 aromatic heterocycles. The van der Waals surface area contributed by atoms with Gasteiger partial charge in [-0.3, -0.25) is 9.48 Å². The van der Waals surface area contributed by atoms with Crippen LogP contribution < -0.4 is 0 Å². The number of amides is 1. The van der Waals surface area contributed by atoms with Crippen LogP contribution in [0, 0.1) is 12.8 Å². The number of likely N-dealkylation sites (tertiary alicyclic amines) is 1. The van der Waals surface area contributed by atoms with E-state index in [1.165, 1.54) is 6.42 Å². The molecule has 1 aromatic rings. The van der Waals surface area contributed by atoms with E-state index >= 15 is 0 Å². The molecule has 5 nitrogen and oxygen atoms in total. The summed E-state index contributed by atoms with van der Waals surface area (Å²) in [6.07, 6.45) is 6.86. The maximum atomic E-state index is 13.1. The van der Waals surface area contributed by atoms with Gasteiger partial charge in [-0.1, -0.05) is 26.7 Å². The highest BCUT2D eigenvalue weighted by molar-refractivity contribution is 5.93. The van der Waals surface area contributed by atoms with Crippen molar-refractivity contribution in [2.24, 2.45) is 5.92 Å². The topological polar surface area (TPSA) is 58.4 Å². The van der Waals surface area contributed by atoms with Crippen LogP contribution in [0.3, 0.4) is 0 Å². The van der Waals surface area contributed by atoms with Crippen LogP contribution in [0.5, 0.6) is 0 Å². The van der Waals surface area contributed by atoms with Crippen LogP contribution in [-0.4, -0.2) is 44.4 Å². The van der Waals surface area contributed by atoms with E-state index in [-0.39, 0.29) is 17.9 Å². The number of carbonyl (C=O) groups excluding carboxylic acids is 1. The summed E-state index contributed by atoms with van der Waals surface area (Å²) < 4.78 is 1.93. The molecular weight excluding hydrogens is 302 g/mol. The summed E-state index contributed by atoms with van der Waals surface area (Å²) in [6.45, 7) is 7.57. The molecule has 0 bridgehead atoms. The van der Waals surface area contributed by atoms with E-state index in [0.717, 1.165) is 37.8 Å². The first-order valence-corrected chi connectivity index (χ1v) is 9.56. The maximum absolute atomic E-state index is 13.1. The lowest BCUT2D eigenvalue weighted by molar-refractivity contribution is -0.0887. The van der Waals surface area contributed by atoms with Crippen LogP contribution in [0.2, 0.25) is 0 Å². The molecule has 134 valence electrons. The summed E-state index contributed by atoms with van der Waals surface area (Å²) in [5.41, 5.74) is 1.07. The number of aryl methyl sites for hydroxylation is 1.